The Bertz CT molecular complexity index is 1060. The molecule has 2 heterocycles. The zero-order valence-electron chi connectivity index (χ0n) is 15.1. The first-order valence-corrected chi connectivity index (χ1v) is 9.40. The van der Waals surface area contributed by atoms with E-state index in [0.717, 1.165) is 35.9 Å². The Morgan fingerprint density at radius 1 is 1.14 bits per heavy atom. The molecule has 5 nitrogen and oxygen atoms in total. The average Bonchev–Trinajstić information content (AvgIpc) is 2.87. The summed E-state index contributed by atoms with van der Waals surface area (Å²) in [4.78, 5) is 15.1. The van der Waals surface area contributed by atoms with Gasteiger partial charge in [0, 0.05) is 29.5 Å². The molecule has 1 aromatic heterocycles. The third kappa shape index (κ3) is 3.85. The Labute approximate surface area is 173 Å². The molecule has 1 atom stereocenters. The third-order valence-corrected chi connectivity index (χ3v) is 5.17. The number of nitrogens with zero attached hydrogens (tertiary/aromatic N) is 3. The van der Waals surface area contributed by atoms with Gasteiger partial charge in [-0.2, -0.15) is 4.68 Å². The molecule has 1 fully saturated rings. The van der Waals surface area contributed by atoms with Crippen LogP contribution < -0.4 is 16.2 Å². The topological polar surface area (TPSA) is 64.2 Å². The minimum Gasteiger partial charge on any atom is -0.353 e. The van der Waals surface area contributed by atoms with E-state index in [1.165, 1.54) is 12.1 Å². The van der Waals surface area contributed by atoms with Crippen molar-refractivity contribution in [3.63, 3.8) is 0 Å². The van der Waals surface area contributed by atoms with Crippen LogP contribution in [0.2, 0.25) is 5.02 Å². The number of nitrogens with two attached hydrogens (primary N) is 1. The molecule has 0 bridgehead atoms. The Kier molecular flexibility index (Phi) is 6.23. The second-order valence-electron chi connectivity index (χ2n) is 6.88. The summed E-state index contributed by atoms with van der Waals surface area (Å²) in [6.07, 6.45) is 3.01. The first kappa shape index (κ1) is 20.6. The van der Waals surface area contributed by atoms with E-state index in [1.807, 2.05) is 12.1 Å². The number of anilines is 1. The number of aromatic nitrogens is 2. The second-order valence-corrected chi connectivity index (χ2v) is 7.32. The van der Waals surface area contributed by atoms with E-state index in [4.69, 9.17) is 17.3 Å². The lowest BCUT2D eigenvalue weighted by atomic mass is 10.1. The van der Waals surface area contributed by atoms with Gasteiger partial charge in [0.2, 0.25) is 0 Å². The van der Waals surface area contributed by atoms with Crippen molar-refractivity contribution in [1.82, 2.24) is 9.78 Å². The predicted octanol–water partition coefficient (Wildman–Crippen LogP) is 3.92. The predicted molar refractivity (Wildman–Crippen MR) is 114 cm³/mol. The fourth-order valence-electron chi connectivity index (χ4n) is 3.59. The van der Waals surface area contributed by atoms with Crippen molar-refractivity contribution in [2.24, 2.45) is 5.73 Å². The first-order chi connectivity index (χ1) is 13.0. The third-order valence-electron chi connectivity index (χ3n) is 4.93. The Balaban J connectivity index is 0.00000225. The van der Waals surface area contributed by atoms with E-state index in [0.29, 0.717) is 17.7 Å². The monoisotopic (exact) mass is 422 g/mol. The molecular formula is C20H21Cl2FN4O. The van der Waals surface area contributed by atoms with Gasteiger partial charge in [-0.25, -0.2) is 4.39 Å². The molecule has 148 valence electrons. The molecule has 8 heteroatoms. The highest BCUT2D eigenvalue weighted by Gasteiger charge is 2.21. The summed E-state index contributed by atoms with van der Waals surface area (Å²) in [5.74, 6) is 0.0581. The van der Waals surface area contributed by atoms with E-state index in [1.54, 1.807) is 18.2 Å². The molecule has 2 N–H and O–H groups in total. The fraction of sp³-hybridized carbons (Fsp3) is 0.300. The molecule has 0 spiro atoms. The SMILES string of the molecule is Cl.N[C@@H]1CCCCN(c2nn(-c3ccc(Cl)cc3F)c(=O)c3ccccc23)C1. The standard InChI is InChI=1S/C20H20ClFN4O.ClH/c21-13-8-9-18(17(22)11-13)26-20(27)16-7-2-1-6-15(16)19(24-26)25-10-4-3-5-14(23)12-25;/h1-2,6-9,11,14H,3-5,10,12,23H2;1H/t14-;/m1./s1. The lowest BCUT2D eigenvalue weighted by Crippen LogP contribution is -2.37. The smallest absolute Gasteiger partial charge is 0.279 e. The Morgan fingerprint density at radius 3 is 2.64 bits per heavy atom. The van der Waals surface area contributed by atoms with Gasteiger partial charge in [-0.15, -0.1) is 17.5 Å². The van der Waals surface area contributed by atoms with E-state index >= 15 is 0 Å². The summed E-state index contributed by atoms with van der Waals surface area (Å²) in [6, 6.07) is 11.5. The molecule has 3 aromatic rings. The Hall–Kier alpha value is -2.15. The van der Waals surface area contributed by atoms with Crippen molar-refractivity contribution >= 4 is 40.6 Å². The van der Waals surface area contributed by atoms with Gasteiger partial charge in [0.1, 0.15) is 11.5 Å². The van der Waals surface area contributed by atoms with Crippen LogP contribution >= 0.6 is 24.0 Å². The number of benzene rings is 2. The largest absolute Gasteiger partial charge is 0.353 e. The van der Waals surface area contributed by atoms with Crippen molar-refractivity contribution in [2.45, 2.75) is 25.3 Å². The van der Waals surface area contributed by atoms with Crippen molar-refractivity contribution in [1.29, 1.82) is 0 Å². The maximum atomic E-state index is 14.5. The summed E-state index contributed by atoms with van der Waals surface area (Å²) in [5.41, 5.74) is 5.93. The summed E-state index contributed by atoms with van der Waals surface area (Å²) in [7, 11) is 0. The molecular weight excluding hydrogens is 402 g/mol. The zero-order valence-corrected chi connectivity index (χ0v) is 16.7. The first-order valence-electron chi connectivity index (χ1n) is 9.02. The highest BCUT2D eigenvalue weighted by molar-refractivity contribution is 6.30. The molecule has 4 rings (SSSR count). The van der Waals surface area contributed by atoms with Crippen molar-refractivity contribution in [2.75, 3.05) is 18.0 Å². The lowest BCUT2D eigenvalue weighted by Gasteiger charge is -2.25. The van der Waals surface area contributed by atoms with Crippen LogP contribution in [-0.2, 0) is 0 Å². The summed E-state index contributed by atoms with van der Waals surface area (Å²) in [6.45, 7) is 1.45. The van der Waals surface area contributed by atoms with Crippen LogP contribution in [0, 0.1) is 5.82 Å². The quantitative estimate of drug-likeness (QED) is 0.679. The molecule has 1 saturated heterocycles. The molecule has 0 radical (unpaired) electrons. The molecule has 0 aliphatic carbocycles. The van der Waals surface area contributed by atoms with E-state index in [2.05, 4.69) is 10.00 Å². The highest BCUT2D eigenvalue weighted by Crippen LogP contribution is 2.26. The van der Waals surface area contributed by atoms with Crippen LogP contribution in [0.15, 0.2) is 47.3 Å². The van der Waals surface area contributed by atoms with Crippen molar-refractivity contribution < 1.29 is 4.39 Å². The van der Waals surface area contributed by atoms with Gasteiger partial charge in [-0.3, -0.25) is 4.79 Å². The molecule has 2 aromatic carbocycles. The lowest BCUT2D eigenvalue weighted by molar-refractivity contribution is 0.602. The summed E-state index contributed by atoms with van der Waals surface area (Å²) < 4.78 is 15.6. The van der Waals surface area contributed by atoms with Gasteiger partial charge in [-0.05, 0) is 37.1 Å². The molecule has 1 aliphatic heterocycles. The number of hydrogen-bond donors (Lipinski definition) is 1. The molecule has 0 unspecified atom stereocenters. The van der Waals surface area contributed by atoms with Crippen LogP contribution in [0.25, 0.3) is 16.5 Å². The summed E-state index contributed by atoms with van der Waals surface area (Å²) in [5, 5.41) is 6.07. The van der Waals surface area contributed by atoms with Gasteiger partial charge < -0.3 is 10.6 Å². The number of hydrogen-bond acceptors (Lipinski definition) is 4. The van der Waals surface area contributed by atoms with Crippen LogP contribution in [0.3, 0.4) is 0 Å². The van der Waals surface area contributed by atoms with Gasteiger partial charge in [0.15, 0.2) is 5.82 Å². The van der Waals surface area contributed by atoms with Gasteiger partial charge in [0.05, 0.1) is 5.39 Å². The minimum atomic E-state index is -0.592. The number of halogens is 3. The molecule has 0 saturated carbocycles. The normalized spacial score (nSPS) is 17.2. The number of fused-ring (bicyclic) bond motifs is 1. The zero-order chi connectivity index (χ0) is 19.0. The maximum absolute atomic E-state index is 14.5. The maximum Gasteiger partial charge on any atom is 0.279 e. The van der Waals surface area contributed by atoms with Crippen molar-refractivity contribution in [3.05, 3.63) is 63.7 Å². The minimum absolute atomic E-state index is 0. The highest BCUT2D eigenvalue weighted by atomic mass is 35.5. The molecule has 28 heavy (non-hydrogen) atoms. The van der Waals surface area contributed by atoms with Gasteiger partial charge in [-0.1, -0.05) is 36.2 Å². The number of rotatable bonds is 2. The van der Waals surface area contributed by atoms with Crippen LogP contribution in [-0.4, -0.2) is 28.9 Å². The Morgan fingerprint density at radius 2 is 1.89 bits per heavy atom. The van der Waals surface area contributed by atoms with E-state index in [-0.39, 0.29) is 34.7 Å². The van der Waals surface area contributed by atoms with Crippen LogP contribution in [0.5, 0.6) is 0 Å². The van der Waals surface area contributed by atoms with Gasteiger partial charge in [0.25, 0.3) is 5.56 Å². The fourth-order valence-corrected chi connectivity index (χ4v) is 3.75. The van der Waals surface area contributed by atoms with E-state index < -0.39 is 5.82 Å². The summed E-state index contributed by atoms with van der Waals surface area (Å²) >= 11 is 5.86. The van der Waals surface area contributed by atoms with Crippen LogP contribution in [0.1, 0.15) is 19.3 Å². The van der Waals surface area contributed by atoms with Crippen LogP contribution in [0.4, 0.5) is 10.2 Å². The van der Waals surface area contributed by atoms with E-state index in [9.17, 15) is 9.18 Å². The molecule has 0 amide bonds. The average molecular weight is 423 g/mol. The molecule has 1 aliphatic rings. The second kappa shape index (κ2) is 8.47. The van der Waals surface area contributed by atoms with Crippen molar-refractivity contribution in [3.8, 4) is 5.69 Å². The van der Waals surface area contributed by atoms with Gasteiger partial charge >= 0.3 is 0 Å².